The molecule has 0 spiro atoms. The normalized spacial score (nSPS) is 11.3. The smallest absolute Gasteiger partial charge is 0.387 e. The number of hydrogen-bond donors (Lipinski definition) is 1. The Hall–Kier alpha value is -2.02. The maximum Gasteiger partial charge on any atom is 0.387 e. The molecule has 0 aliphatic carbocycles. The summed E-state index contributed by atoms with van der Waals surface area (Å²) in [7, 11) is 3.55. The van der Waals surface area contributed by atoms with Crippen LogP contribution < -0.4 is 10.1 Å². The average molecular weight is 538 g/mol. The number of halogens is 3. The Bertz CT molecular complexity index is 758. The van der Waals surface area contributed by atoms with Crippen molar-refractivity contribution >= 4 is 29.9 Å². The average Bonchev–Trinajstić information content (AvgIpc) is 3.15. The monoisotopic (exact) mass is 538 g/mol. The van der Waals surface area contributed by atoms with E-state index in [4.69, 9.17) is 4.74 Å². The minimum Gasteiger partial charge on any atom is -0.435 e. The van der Waals surface area contributed by atoms with Gasteiger partial charge in [-0.3, -0.25) is 4.99 Å². The largest absolute Gasteiger partial charge is 0.435 e. The molecule has 0 unspecified atom stereocenters. The van der Waals surface area contributed by atoms with Gasteiger partial charge in [0.05, 0.1) is 13.2 Å². The highest BCUT2D eigenvalue weighted by atomic mass is 127. The quantitative estimate of drug-likeness (QED) is 0.205. The van der Waals surface area contributed by atoms with Crippen molar-refractivity contribution in [2.45, 2.75) is 33.0 Å². The number of rotatable bonds is 11. The number of nitrogens with zero attached hydrogens (tertiary/aromatic N) is 5. The molecule has 1 N–H and O–H groups in total. The third-order valence-electron chi connectivity index (χ3n) is 4.13. The van der Waals surface area contributed by atoms with E-state index in [-0.39, 0.29) is 29.7 Å². The lowest BCUT2D eigenvalue weighted by Gasteiger charge is -2.23. The lowest BCUT2D eigenvalue weighted by molar-refractivity contribution is -0.0498. The first-order valence-electron chi connectivity index (χ1n) is 9.42. The molecule has 2 rings (SSSR count). The number of guanidine groups is 1. The van der Waals surface area contributed by atoms with Gasteiger partial charge in [-0.05, 0) is 17.7 Å². The standard InChI is InChI=1S/C19H28F2N6O2.HI/c1-4-17-25-24-14-27(17)11-9-22-19(23-10-12-28-3)26(2)13-15-5-7-16(8-6-15)29-18(20)21;/h5-8,14,18H,4,9-13H2,1-3H3,(H,22,23);1H. The molecule has 1 heterocycles. The van der Waals surface area contributed by atoms with Crippen LogP contribution in [0.25, 0.3) is 0 Å². The van der Waals surface area contributed by atoms with Crippen LogP contribution in [-0.2, 0) is 24.2 Å². The van der Waals surface area contributed by atoms with Crippen molar-refractivity contribution in [2.75, 3.05) is 33.9 Å². The van der Waals surface area contributed by atoms with Crippen molar-refractivity contribution in [1.29, 1.82) is 0 Å². The molecule has 0 aliphatic heterocycles. The molecule has 1 aromatic carbocycles. The number of benzene rings is 1. The van der Waals surface area contributed by atoms with Gasteiger partial charge < -0.3 is 24.3 Å². The Kier molecular flexibility index (Phi) is 12.2. The van der Waals surface area contributed by atoms with Crippen molar-refractivity contribution in [1.82, 2.24) is 25.0 Å². The predicted molar refractivity (Wildman–Crippen MR) is 122 cm³/mol. The Morgan fingerprint density at radius 1 is 1.30 bits per heavy atom. The summed E-state index contributed by atoms with van der Waals surface area (Å²) < 4.78 is 36.0. The topological polar surface area (TPSA) is 76.8 Å². The molecule has 1 aromatic heterocycles. The molecule has 0 amide bonds. The summed E-state index contributed by atoms with van der Waals surface area (Å²) in [6.07, 6.45) is 2.54. The van der Waals surface area contributed by atoms with Crippen molar-refractivity contribution in [2.24, 2.45) is 4.99 Å². The van der Waals surface area contributed by atoms with Crippen molar-refractivity contribution < 1.29 is 18.3 Å². The fraction of sp³-hybridized carbons (Fsp3) is 0.526. The van der Waals surface area contributed by atoms with Crippen LogP contribution in [0.4, 0.5) is 8.78 Å². The van der Waals surface area contributed by atoms with Crippen LogP contribution in [0.1, 0.15) is 18.3 Å². The van der Waals surface area contributed by atoms with Crippen molar-refractivity contribution in [3.05, 3.63) is 42.0 Å². The number of aliphatic imine (C=N–C) groups is 1. The Morgan fingerprint density at radius 3 is 2.67 bits per heavy atom. The van der Waals surface area contributed by atoms with Gasteiger partial charge in [0.25, 0.3) is 0 Å². The number of ether oxygens (including phenoxy) is 2. The van der Waals surface area contributed by atoms with E-state index >= 15 is 0 Å². The van der Waals surface area contributed by atoms with Gasteiger partial charge in [-0.25, -0.2) is 0 Å². The molecule has 168 valence electrons. The van der Waals surface area contributed by atoms with E-state index in [0.29, 0.717) is 32.8 Å². The first-order valence-corrected chi connectivity index (χ1v) is 9.42. The highest BCUT2D eigenvalue weighted by Gasteiger charge is 2.09. The van der Waals surface area contributed by atoms with Crippen LogP contribution in [-0.4, -0.2) is 66.1 Å². The summed E-state index contributed by atoms with van der Waals surface area (Å²) in [5.74, 6) is 1.80. The summed E-state index contributed by atoms with van der Waals surface area (Å²) in [5, 5.41) is 11.4. The predicted octanol–water partition coefficient (Wildman–Crippen LogP) is 2.78. The van der Waals surface area contributed by atoms with E-state index in [2.05, 4.69) is 25.2 Å². The van der Waals surface area contributed by atoms with Crippen LogP contribution in [0.5, 0.6) is 5.75 Å². The number of aromatic nitrogens is 3. The lowest BCUT2D eigenvalue weighted by Crippen LogP contribution is -2.40. The minimum absolute atomic E-state index is 0. The van der Waals surface area contributed by atoms with Gasteiger partial charge in [-0.15, -0.1) is 34.2 Å². The van der Waals surface area contributed by atoms with E-state index in [9.17, 15) is 8.78 Å². The highest BCUT2D eigenvalue weighted by molar-refractivity contribution is 14.0. The summed E-state index contributed by atoms with van der Waals surface area (Å²) in [5.41, 5.74) is 0.947. The number of hydrogen-bond acceptors (Lipinski definition) is 5. The third kappa shape index (κ3) is 8.78. The second-order valence-corrected chi connectivity index (χ2v) is 6.30. The van der Waals surface area contributed by atoms with Gasteiger partial charge in [0.1, 0.15) is 17.9 Å². The fourth-order valence-corrected chi connectivity index (χ4v) is 2.71. The van der Waals surface area contributed by atoms with Crippen molar-refractivity contribution in [3.8, 4) is 5.75 Å². The first-order chi connectivity index (χ1) is 14.0. The molecular weight excluding hydrogens is 509 g/mol. The van der Waals surface area contributed by atoms with E-state index in [1.54, 1.807) is 25.6 Å². The molecule has 11 heteroatoms. The fourth-order valence-electron chi connectivity index (χ4n) is 2.71. The van der Waals surface area contributed by atoms with Crippen LogP contribution in [0.2, 0.25) is 0 Å². The van der Waals surface area contributed by atoms with Gasteiger partial charge in [0, 0.05) is 40.2 Å². The molecular formula is C19H29F2IN6O2. The van der Waals surface area contributed by atoms with E-state index < -0.39 is 6.61 Å². The SMILES string of the molecule is CCc1nncn1CCNC(=NCCOC)N(C)Cc1ccc(OC(F)F)cc1.I. The third-order valence-corrected chi connectivity index (χ3v) is 4.13. The Balaban J connectivity index is 0.00000450. The zero-order valence-electron chi connectivity index (χ0n) is 17.4. The second-order valence-electron chi connectivity index (χ2n) is 6.30. The van der Waals surface area contributed by atoms with E-state index in [1.165, 1.54) is 12.1 Å². The number of alkyl halides is 2. The molecule has 8 nitrogen and oxygen atoms in total. The van der Waals surface area contributed by atoms with E-state index in [1.807, 2.05) is 23.4 Å². The molecule has 0 aliphatic rings. The molecule has 0 saturated heterocycles. The summed E-state index contributed by atoms with van der Waals surface area (Å²) in [6.45, 7) is 2.18. The highest BCUT2D eigenvalue weighted by Crippen LogP contribution is 2.15. The molecule has 2 aromatic rings. The summed E-state index contributed by atoms with van der Waals surface area (Å²) in [4.78, 5) is 6.53. The van der Waals surface area contributed by atoms with Gasteiger partial charge >= 0.3 is 6.61 Å². The molecule has 30 heavy (non-hydrogen) atoms. The molecule has 0 bridgehead atoms. The summed E-state index contributed by atoms with van der Waals surface area (Å²) in [6, 6.07) is 6.57. The van der Waals surface area contributed by atoms with Crippen molar-refractivity contribution in [3.63, 3.8) is 0 Å². The van der Waals surface area contributed by atoms with Gasteiger partial charge in [0.15, 0.2) is 5.96 Å². The Labute approximate surface area is 192 Å². The maximum absolute atomic E-state index is 12.3. The zero-order valence-corrected chi connectivity index (χ0v) is 19.8. The second kappa shape index (κ2) is 14.1. The number of aryl methyl sites for hydroxylation is 1. The summed E-state index contributed by atoms with van der Waals surface area (Å²) >= 11 is 0. The maximum atomic E-state index is 12.3. The van der Waals surface area contributed by atoms with Crippen LogP contribution in [0.3, 0.4) is 0 Å². The van der Waals surface area contributed by atoms with Crippen LogP contribution in [0.15, 0.2) is 35.6 Å². The van der Waals surface area contributed by atoms with Gasteiger partial charge in [-0.2, -0.15) is 8.78 Å². The Morgan fingerprint density at radius 2 is 2.03 bits per heavy atom. The number of nitrogens with one attached hydrogen (secondary N) is 1. The minimum atomic E-state index is -2.83. The molecule has 0 saturated carbocycles. The molecule has 0 atom stereocenters. The van der Waals surface area contributed by atoms with Gasteiger partial charge in [-0.1, -0.05) is 19.1 Å². The van der Waals surface area contributed by atoms with Gasteiger partial charge in [0.2, 0.25) is 0 Å². The van der Waals surface area contributed by atoms with E-state index in [0.717, 1.165) is 23.8 Å². The molecule has 0 radical (unpaired) electrons. The lowest BCUT2D eigenvalue weighted by atomic mass is 10.2. The zero-order chi connectivity index (χ0) is 21.1. The number of methoxy groups -OCH3 is 1. The van der Waals surface area contributed by atoms with Crippen LogP contribution in [0, 0.1) is 0 Å². The molecule has 0 fully saturated rings. The first kappa shape index (κ1) is 26.0. The van der Waals surface area contributed by atoms with Crippen LogP contribution >= 0.6 is 24.0 Å².